The van der Waals surface area contributed by atoms with E-state index in [2.05, 4.69) is 5.32 Å². The highest BCUT2D eigenvalue weighted by atomic mass is 16.2. The Morgan fingerprint density at radius 3 is 2.48 bits per heavy atom. The molecule has 1 aliphatic heterocycles. The van der Waals surface area contributed by atoms with Gasteiger partial charge in [0.2, 0.25) is 11.8 Å². The third-order valence-electron chi connectivity index (χ3n) is 5.95. The number of benzene rings is 2. The summed E-state index contributed by atoms with van der Waals surface area (Å²) in [6.07, 6.45) is 3.27. The number of allylic oxidation sites excluding steroid dienone is 2. The third-order valence-corrected chi connectivity index (χ3v) is 5.95. The molecular formula is C24H24N2O3. The van der Waals surface area contributed by atoms with Crippen molar-refractivity contribution in [1.29, 1.82) is 0 Å². The molecule has 1 N–H and O–H groups in total. The summed E-state index contributed by atoms with van der Waals surface area (Å²) >= 11 is 0. The van der Waals surface area contributed by atoms with E-state index in [1.165, 1.54) is 4.90 Å². The van der Waals surface area contributed by atoms with Gasteiger partial charge in [0.05, 0.1) is 17.5 Å². The summed E-state index contributed by atoms with van der Waals surface area (Å²) in [4.78, 5) is 39.8. The number of aryl methyl sites for hydroxylation is 2. The molecule has 1 saturated heterocycles. The number of amides is 3. The molecule has 29 heavy (non-hydrogen) atoms. The number of nitrogens with one attached hydrogen (secondary N) is 1. The number of carbonyl (C=O) groups excluding carboxylic acids is 3. The number of fused-ring (bicyclic) bond motifs is 1. The van der Waals surface area contributed by atoms with Crippen molar-refractivity contribution in [2.24, 2.45) is 11.8 Å². The van der Waals surface area contributed by atoms with E-state index in [-0.39, 0.29) is 29.6 Å². The van der Waals surface area contributed by atoms with Crippen molar-refractivity contribution in [1.82, 2.24) is 0 Å². The van der Waals surface area contributed by atoms with E-state index in [4.69, 9.17) is 0 Å². The Balaban J connectivity index is 1.57. The van der Waals surface area contributed by atoms with Crippen LogP contribution in [0.5, 0.6) is 0 Å². The van der Waals surface area contributed by atoms with Gasteiger partial charge in [0.15, 0.2) is 0 Å². The van der Waals surface area contributed by atoms with Crippen molar-refractivity contribution in [3.63, 3.8) is 0 Å². The third kappa shape index (κ3) is 3.48. The summed E-state index contributed by atoms with van der Waals surface area (Å²) in [5, 5.41) is 2.89. The highest BCUT2D eigenvalue weighted by molar-refractivity contribution is 6.22. The second-order valence-corrected chi connectivity index (χ2v) is 8.02. The van der Waals surface area contributed by atoms with E-state index in [0.717, 1.165) is 16.7 Å². The lowest BCUT2D eigenvalue weighted by Crippen LogP contribution is -2.31. The molecule has 2 atom stereocenters. The zero-order valence-electron chi connectivity index (χ0n) is 16.9. The normalized spacial score (nSPS) is 21.1. The first kappa shape index (κ1) is 19.1. The van der Waals surface area contributed by atoms with E-state index in [0.29, 0.717) is 29.8 Å². The molecule has 0 saturated carbocycles. The lowest BCUT2D eigenvalue weighted by Gasteiger charge is -2.18. The van der Waals surface area contributed by atoms with Gasteiger partial charge in [-0.25, -0.2) is 0 Å². The van der Waals surface area contributed by atoms with Crippen molar-refractivity contribution in [2.45, 2.75) is 33.6 Å². The van der Waals surface area contributed by atoms with Gasteiger partial charge in [-0.05, 0) is 75.1 Å². The van der Waals surface area contributed by atoms with E-state index in [1.54, 1.807) is 24.3 Å². The molecule has 5 heteroatoms. The van der Waals surface area contributed by atoms with Crippen LogP contribution < -0.4 is 10.2 Å². The van der Waals surface area contributed by atoms with Crippen LogP contribution in [0.4, 0.5) is 11.4 Å². The Hall–Kier alpha value is -3.21. The molecule has 1 heterocycles. The SMILES string of the molecule is CC1=CC[C@@H]2C(=O)N(c3cccc(C(=O)Nc4ccc(C)c(C)c4)c3)C(=O)[C@H]2C1. The Morgan fingerprint density at radius 1 is 0.966 bits per heavy atom. The van der Waals surface area contributed by atoms with Gasteiger partial charge in [-0.3, -0.25) is 19.3 Å². The Labute approximate surface area is 170 Å². The summed E-state index contributed by atoms with van der Waals surface area (Å²) < 4.78 is 0. The van der Waals surface area contributed by atoms with Crippen molar-refractivity contribution < 1.29 is 14.4 Å². The molecule has 2 aromatic carbocycles. The summed E-state index contributed by atoms with van der Waals surface area (Å²) in [5.74, 6) is -1.20. The highest BCUT2D eigenvalue weighted by Crippen LogP contribution is 2.39. The maximum atomic E-state index is 12.9. The average molecular weight is 388 g/mol. The van der Waals surface area contributed by atoms with Gasteiger partial charge < -0.3 is 5.32 Å². The molecule has 2 aromatic rings. The van der Waals surface area contributed by atoms with Gasteiger partial charge >= 0.3 is 0 Å². The molecule has 148 valence electrons. The van der Waals surface area contributed by atoms with Crippen LogP contribution >= 0.6 is 0 Å². The van der Waals surface area contributed by atoms with Crippen molar-refractivity contribution in [3.05, 3.63) is 70.8 Å². The Kier molecular flexibility index (Phi) is 4.82. The van der Waals surface area contributed by atoms with E-state index in [9.17, 15) is 14.4 Å². The molecular weight excluding hydrogens is 364 g/mol. The van der Waals surface area contributed by atoms with Gasteiger partial charge in [0, 0.05) is 11.3 Å². The molecule has 4 rings (SSSR count). The van der Waals surface area contributed by atoms with Crippen molar-refractivity contribution >= 4 is 29.1 Å². The minimum atomic E-state index is -0.292. The number of imide groups is 1. The number of hydrogen-bond donors (Lipinski definition) is 1. The van der Waals surface area contributed by atoms with Gasteiger partial charge in [-0.2, -0.15) is 0 Å². The van der Waals surface area contributed by atoms with Crippen molar-refractivity contribution in [3.8, 4) is 0 Å². The number of hydrogen-bond acceptors (Lipinski definition) is 3. The quantitative estimate of drug-likeness (QED) is 0.626. The molecule has 1 aliphatic carbocycles. The average Bonchev–Trinajstić information content (AvgIpc) is 2.94. The number of anilines is 2. The number of carbonyl (C=O) groups is 3. The van der Waals surface area contributed by atoms with E-state index >= 15 is 0 Å². The van der Waals surface area contributed by atoms with Crippen LogP contribution in [-0.2, 0) is 9.59 Å². The summed E-state index contributed by atoms with van der Waals surface area (Å²) in [6, 6.07) is 12.5. The predicted molar refractivity (Wildman–Crippen MR) is 113 cm³/mol. The molecule has 0 bridgehead atoms. The fourth-order valence-electron chi connectivity index (χ4n) is 4.10. The first-order valence-corrected chi connectivity index (χ1v) is 9.87. The van der Waals surface area contributed by atoms with Crippen LogP contribution in [-0.4, -0.2) is 17.7 Å². The maximum Gasteiger partial charge on any atom is 0.255 e. The van der Waals surface area contributed by atoms with Crippen LogP contribution in [0.2, 0.25) is 0 Å². The molecule has 0 radical (unpaired) electrons. The van der Waals surface area contributed by atoms with Gasteiger partial charge in [0.1, 0.15) is 0 Å². The second kappa shape index (κ2) is 7.32. The zero-order chi connectivity index (χ0) is 20.7. The van der Waals surface area contributed by atoms with E-state index < -0.39 is 0 Å². The van der Waals surface area contributed by atoms with Crippen LogP contribution in [0.25, 0.3) is 0 Å². The molecule has 0 aromatic heterocycles. The summed E-state index contributed by atoms with van der Waals surface area (Å²) in [6.45, 7) is 6.00. The second-order valence-electron chi connectivity index (χ2n) is 8.02. The lowest BCUT2D eigenvalue weighted by atomic mass is 9.82. The molecule has 0 spiro atoms. The van der Waals surface area contributed by atoms with Gasteiger partial charge in [0.25, 0.3) is 5.91 Å². The molecule has 0 unspecified atom stereocenters. The Morgan fingerprint density at radius 2 is 1.72 bits per heavy atom. The zero-order valence-corrected chi connectivity index (χ0v) is 16.9. The maximum absolute atomic E-state index is 12.9. The summed E-state index contributed by atoms with van der Waals surface area (Å²) in [5.41, 5.74) is 4.98. The van der Waals surface area contributed by atoms with Gasteiger partial charge in [-0.15, -0.1) is 0 Å². The first-order chi connectivity index (χ1) is 13.8. The van der Waals surface area contributed by atoms with Crippen LogP contribution in [0.3, 0.4) is 0 Å². The first-order valence-electron chi connectivity index (χ1n) is 9.87. The minimum Gasteiger partial charge on any atom is -0.322 e. The minimum absolute atomic E-state index is 0.167. The molecule has 2 aliphatic rings. The van der Waals surface area contributed by atoms with E-state index in [1.807, 2.05) is 45.0 Å². The highest BCUT2D eigenvalue weighted by Gasteiger charge is 2.48. The predicted octanol–water partition coefficient (Wildman–Crippen LogP) is 4.40. The lowest BCUT2D eigenvalue weighted by molar-refractivity contribution is -0.122. The van der Waals surface area contributed by atoms with Crippen LogP contribution in [0.15, 0.2) is 54.1 Å². The van der Waals surface area contributed by atoms with Crippen LogP contribution in [0, 0.1) is 25.7 Å². The fourth-order valence-corrected chi connectivity index (χ4v) is 4.10. The smallest absolute Gasteiger partial charge is 0.255 e. The molecule has 5 nitrogen and oxygen atoms in total. The molecule has 3 amide bonds. The fraction of sp³-hybridized carbons (Fsp3) is 0.292. The number of rotatable bonds is 3. The monoisotopic (exact) mass is 388 g/mol. The van der Waals surface area contributed by atoms with Gasteiger partial charge in [-0.1, -0.05) is 23.8 Å². The standard InChI is InChI=1S/C24H24N2O3/c1-14-7-10-20-21(11-14)24(29)26(23(20)28)19-6-4-5-17(13-19)22(27)25-18-9-8-15(2)16(3)12-18/h4-9,12-13,20-21H,10-11H2,1-3H3,(H,25,27)/t20-,21-/m0/s1. The Bertz CT molecular complexity index is 1050. The number of nitrogens with zero attached hydrogens (tertiary/aromatic N) is 1. The summed E-state index contributed by atoms with van der Waals surface area (Å²) in [7, 11) is 0. The molecule has 1 fully saturated rings. The topological polar surface area (TPSA) is 66.5 Å². The largest absolute Gasteiger partial charge is 0.322 e. The van der Waals surface area contributed by atoms with Crippen molar-refractivity contribution in [2.75, 3.05) is 10.2 Å². The van der Waals surface area contributed by atoms with Crippen LogP contribution in [0.1, 0.15) is 41.3 Å².